The number of hydrogen-bond acceptors (Lipinski definition) is 1. The van der Waals surface area contributed by atoms with Crippen LogP contribution in [-0.2, 0) is 12.7 Å². The first kappa shape index (κ1) is 15.3. The second-order valence-corrected chi connectivity index (χ2v) is 5.27. The van der Waals surface area contributed by atoms with Gasteiger partial charge in [0.2, 0.25) is 0 Å². The molecule has 1 nitrogen and oxygen atoms in total. The molecule has 0 N–H and O–H groups in total. The van der Waals surface area contributed by atoms with Gasteiger partial charge in [0.05, 0.1) is 5.56 Å². The summed E-state index contributed by atoms with van der Waals surface area (Å²) in [4.78, 5) is 1.94. The van der Waals surface area contributed by atoms with Crippen LogP contribution in [0.2, 0.25) is 0 Å². The minimum atomic E-state index is -4.30. The molecule has 1 rings (SSSR count). The Morgan fingerprint density at radius 1 is 1.22 bits per heavy atom. The number of halogens is 4. The zero-order valence-corrected chi connectivity index (χ0v) is 11.4. The summed E-state index contributed by atoms with van der Waals surface area (Å²) < 4.78 is 37.7. The van der Waals surface area contributed by atoms with Gasteiger partial charge >= 0.3 is 6.18 Å². The highest BCUT2D eigenvalue weighted by Crippen LogP contribution is 2.30. The van der Waals surface area contributed by atoms with E-state index in [0.717, 1.165) is 6.07 Å². The second kappa shape index (κ2) is 5.49. The van der Waals surface area contributed by atoms with Gasteiger partial charge in [-0.05, 0) is 32.5 Å². The van der Waals surface area contributed by atoms with Crippen molar-refractivity contribution in [2.24, 2.45) is 0 Å². The van der Waals surface area contributed by atoms with Gasteiger partial charge in [0, 0.05) is 18.0 Å². The van der Waals surface area contributed by atoms with Gasteiger partial charge in [0.15, 0.2) is 0 Å². The van der Waals surface area contributed by atoms with Crippen LogP contribution < -0.4 is 0 Å². The smallest absolute Gasteiger partial charge is 0.296 e. The van der Waals surface area contributed by atoms with Crippen molar-refractivity contribution in [1.29, 1.82) is 0 Å². The molecule has 5 heteroatoms. The highest BCUT2D eigenvalue weighted by molar-refractivity contribution is 6.18. The standard InChI is InChI=1S/C13H17ClF3N/c1-12(2,9-14)18(3)8-10-5-4-6-11(7-10)13(15,16)17/h4-7H,8-9H2,1-3H3. The Kier molecular flexibility index (Phi) is 4.67. The van der Waals surface area contributed by atoms with Crippen LogP contribution >= 0.6 is 11.6 Å². The molecule has 0 radical (unpaired) electrons. The van der Waals surface area contributed by atoms with Crippen LogP contribution in [0, 0.1) is 0 Å². The van der Waals surface area contributed by atoms with E-state index in [0.29, 0.717) is 18.0 Å². The molecule has 1 aromatic rings. The van der Waals surface area contributed by atoms with Gasteiger partial charge in [-0.3, -0.25) is 4.90 Å². The summed E-state index contributed by atoms with van der Waals surface area (Å²) in [6, 6.07) is 5.38. The van der Waals surface area contributed by atoms with E-state index in [9.17, 15) is 13.2 Å². The van der Waals surface area contributed by atoms with E-state index in [2.05, 4.69) is 0 Å². The molecule has 0 aliphatic heterocycles. The molecule has 0 bridgehead atoms. The molecule has 0 amide bonds. The van der Waals surface area contributed by atoms with Crippen molar-refractivity contribution in [2.45, 2.75) is 32.1 Å². The topological polar surface area (TPSA) is 3.24 Å². The van der Waals surface area contributed by atoms with Crippen LogP contribution in [0.4, 0.5) is 13.2 Å². The van der Waals surface area contributed by atoms with Crippen LogP contribution in [0.15, 0.2) is 24.3 Å². The second-order valence-electron chi connectivity index (χ2n) is 5.00. The minimum absolute atomic E-state index is 0.254. The molecule has 0 atom stereocenters. The predicted molar refractivity (Wildman–Crippen MR) is 67.7 cm³/mol. The summed E-state index contributed by atoms with van der Waals surface area (Å²) in [6.07, 6.45) is -4.30. The van der Waals surface area contributed by atoms with Crippen LogP contribution in [0.3, 0.4) is 0 Å². The zero-order chi connectivity index (χ0) is 14.0. The third-order valence-electron chi connectivity index (χ3n) is 3.03. The molecule has 0 heterocycles. The Bertz CT molecular complexity index is 401. The van der Waals surface area contributed by atoms with E-state index in [1.54, 1.807) is 6.07 Å². The maximum atomic E-state index is 12.6. The summed E-state index contributed by atoms with van der Waals surface area (Å²) in [6.45, 7) is 4.34. The zero-order valence-electron chi connectivity index (χ0n) is 10.7. The first-order chi connectivity index (χ1) is 8.16. The molecule has 0 fully saturated rings. The fraction of sp³-hybridized carbons (Fsp3) is 0.538. The predicted octanol–water partition coefficient (Wildman–Crippen LogP) is 4.15. The average molecular weight is 280 g/mol. The van der Waals surface area contributed by atoms with Gasteiger partial charge in [0.1, 0.15) is 0 Å². The number of nitrogens with zero attached hydrogens (tertiary/aromatic N) is 1. The van der Waals surface area contributed by atoms with Gasteiger partial charge in [-0.15, -0.1) is 11.6 Å². The van der Waals surface area contributed by atoms with Crippen molar-refractivity contribution < 1.29 is 13.2 Å². The molecule has 0 aromatic heterocycles. The fourth-order valence-corrected chi connectivity index (χ4v) is 1.64. The maximum absolute atomic E-state index is 12.6. The minimum Gasteiger partial charge on any atom is -0.296 e. The fourth-order valence-electron chi connectivity index (χ4n) is 1.44. The van der Waals surface area contributed by atoms with Gasteiger partial charge in [-0.1, -0.05) is 18.2 Å². The Labute approximate surface area is 111 Å². The Balaban J connectivity index is 2.86. The van der Waals surface area contributed by atoms with Crippen LogP contribution in [0.25, 0.3) is 0 Å². The highest BCUT2D eigenvalue weighted by atomic mass is 35.5. The first-order valence-electron chi connectivity index (χ1n) is 5.60. The van der Waals surface area contributed by atoms with Gasteiger partial charge < -0.3 is 0 Å². The lowest BCUT2D eigenvalue weighted by molar-refractivity contribution is -0.137. The van der Waals surface area contributed by atoms with E-state index in [1.807, 2.05) is 25.8 Å². The molecular weight excluding hydrogens is 263 g/mol. The third-order valence-corrected chi connectivity index (χ3v) is 3.69. The molecule has 0 aliphatic carbocycles. The van der Waals surface area contributed by atoms with E-state index in [4.69, 9.17) is 11.6 Å². The number of benzene rings is 1. The Morgan fingerprint density at radius 2 is 1.83 bits per heavy atom. The Hall–Kier alpha value is -0.740. The van der Waals surface area contributed by atoms with Crippen molar-refractivity contribution in [2.75, 3.05) is 12.9 Å². The molecule has 102 valence electrons. The van der Waals surface area contributed by atoms with Crippen molar-refractivity contribution >= 4 is 11.6 Å². The van der Waals surface area contributed by atoms with Crippen LogP contribution in [-0.4, -0.2) is 23.4 Å². The quantitative estimate of drug-likeness (QED) is 0.748. The number of hydrogen-bond donors (Lipinski definition) is 0. The maximum Gasteiger partial charge on any atom is 0.416 e. The summed E-state index contributed by atoms with van der Waals surface area (Å²) >= 11 is 5.84. The summed E-state index contributed by atoms with van der Waals surface area (Å²) in [5.41, 5.74) is -0.238. The largest absolute Gasteiger partial charge is 0.416 e. The molecule has 18 heavy (non-hydrogen) atoms. The normalized spacial score (nSPS) is 13.1. The van der Waals surface area contributed by atoms with E-state index >= 15 is 0 Å². The van der Waals surface area contributed by atoms with Crippen molar-refractivity contribution in [1.82, 2.24) is 4.90 Å². The number of alkyl halides is 4. The summed E-state index contributed by atoms with van der Waals surface area (Å²) in [5.74, 6) is 0.419. The molecule has 0 saturated carbocycles. The summed E-state index contributed by atoms with van der Waals surface area (Å²) in [5, 5.41) is 0. The molecule has 0 saturated heterocycles. The molecule has 0 spiro atoms. The van der Waals surface area contributed by atoms with E-state index in [-0.39, 0.29) is 5.54 Å². The van der Waals surface area contributed by atoms with E-state index < -0.39 is 11.7 Å². The Morgan fingerprint density at radius 3 is 2.33 bits per heavy atom. The third kappa shape index (κ3) is 3.89. The molecular formula is C13H17ClF3N. The van der Waals surface area contributed by atoms with Crippen molar-refractivity contribution in [3.05, 3.63) is 35.4 Å². The van der Waals surface area contributed by atoms with Crippen LogP contribution in [0.1, 0.15) is 25.0 Å². The lowest BCUT2D eigenvalue weighted by atomic mass is 10.0. The van der Waals surface area contributed by atoms with Gasteiger partial charge in [0.25, 0.3) is 0 Å². The SMILES string of the molecule is CN(Cc1cccc(C(F)(F)F)c1)C(C)(C)CCl. The number of rotatable bonds is 4. The van der Waals surface area contributed by atoms with Gasteiger partial charge in [-0.2, -0.15) is 13.2 Å². The van der Waals surface area contributed by atoms with E-state index in [1.165, 1.54) is 12.1 Å². The van der Waals surface area contributed by atoms with Gasteiger partial charge in [-0.25, -0.2) is 0 Å². The molecule has 1 aromatic carbocycles. The van der Waals surface area contributed by atoms with Crippen molar-refractivity contribution in [3.63, 3.8) is 0 Å². The lowest BCUT2D eigenvalue weighted by Crippen LogP contribution is -2.42. The molecule has 0 unspecified atom stereocenters. The lowest BCUT2D eigenvalue weighted by Gasteiger charge is -2.34. The summed E-state index contributed by atoms with van der Waals surface area (Å²) in [7, 11) is 1.85. The first-order valence-corrected chi connectivity index (χ1v) is 6.13. The monoisotopic (exact) mass is 279 g/mol. The molecule has 0 aliphatic rings. The average Bonchev–Trinajstić information content (AvgIpc) is 2.28. The van der Waals surface area contributed by atoms with Crippen LogP contribution in [0.5, 0.6) is 0 Å². The van der Waals surface area contributed by atoms with Crippen molar-refractivity contribution in [3.8, 4) is 0 Å². The highest BCUT2D eigenvalue weighted by Gasteiger charge is 2.30.